The second-order valence-electron chi connectivity index (χ2n) is 6.45. The summed E-state index contributed by atoms with van der Waals surface area (Å²) >= 11 is 0. The Morgan fingerprint density at radius 3 is 2.23 bits per heavy atom. The third-order valence-corrected chi connectivity index (χ3v) is 5.24. The second-order valence-corrected chi connectivity index (χ2v) is 7.87. The summed E-state index contributed by atoms with van der Waals surface area (Å²) in [4.78, 5) is 37.9. The number of nitrogens with one attached hydrogen (secondary N) is 2. The number of carbonyl (C=O) groups excluding carboxylic acids is 3. The van der Waals surface area contributed by atoms with E-state index in [0.29, 0.717) is 18.7 Å². The normalized spacial score (nSPS) is 13.3. The topological polar surface area (TPSA) is 142 Å². The van der Waals surface area contributed by atoms with Crippen molar-refractivity contribution in [1.82, 2.24) is 4.90 Å². The first-order chi connectivity index (χ1) is 14.2. The van der Waals surface area contributed by atoms with Crippen LogP contribution in [-0.4, -0.2) is 56.0 Å². The molecule has 4 amide bonds. The SMILES string of the molecule is COCCCN1C(=O)c2ccc(NC(=O)Nc3ccc(S(=O)(=O)O)cc3)cc2C1=O. The van der Waals surface area contributed by atoms with Gasteiger partial charge in [-0.25, -0.2) is 4.79 Å². The van der Waals surface area contributed by atoms with E-state index in [-0.39, 0.29) is 34.2 Å². The molecule has 0 aromatic heterocycles. The minimum Gasteiger partial charge on any atom is -0.385 e. The summed E-state index contributed by atoms with van der Waals surface area (Å²) in [6, 6.07) is 8.67. The lowest BCUT2D eigenvalue weighted by Crippen LogP contribution is -2.31. The molecular weight excluding hydrogens is 414 g/mol. The van der Waals surface area contributed by atoms with Crippen molar-refractivity contribution in [3.63, 3.8) is 0 Å². The first kappa shape index (κ1) is 21.4. The number of imide groups is 1. The molecule has 0 atom stereocenters. The molecule has 0 saturated heterocycles. The molecule has 0 radical (unpaired) electrons. The fourth-order valence-electron chi connectivity index (χ4n) is 2.94. The highest BCUT2D eigenvalue weighted by Crippen LogP contribution is 2.26. The molecule has 2 aromatic carbocycles. The van der Waals surface area contributed by atoms with Gasteiger partial charge in [0.05, 0.1) is 16.0 Å². The van der Waals surface area contributed by atoms with E-state index >= 15 is 0 Å². The predicted octanol–water partition coefficient (Wildman–Crippen LogP) is 2.21. The van der Waals surface area contributed by atoms with Crippen LogP contribution in [0.15, 0.2) is 47.4 Å². The van der Waals surface area contributed by atoms with Crippen LogP contribution < -0.4 is 10.6 Å². The van der Waals surface area contributed by atoms with E-state index in [9.17, 15) is 22.8 Å². The molecule has 11 heteroatoms. The molecule has 2 aromatic rings. The molecule has 0 aliphatic carbocycles. The molecule has 10 nitrogen and oxygen atoms in total. The number of hydrogen-bond donors (Lipinski definition) is 3. The van der Waals surface area contributed by atoms with E-state index < -0.39 is 22.1 Å². The molecule has 1 aliphatic rings. The van der Waals surface area contributed by atoms with E-state index in [0.717, 1.165) is 17.0 Å². The van der Waals surface area contributed by atoms with Crippen molar-refractivity contribution in [3.8, 4) is 0 Å². The van der Waals surface area contributed by atoms with Crippen LogP contribution in [0.1, 0.15) is 27.1 Å². The van der Waals surface area contributed by atoms with Crippen molar-refractivity contribution < 1.29 is 32.1 Å². The van der Waals surface area contributed by atoms with Crippen LogP contribution in [0.25, 0.3) is 0 Å². The highest BCUT2D eigenvalue weighted by atomic mass is 32.2. The number of anilines is 2. The minimum atomic E-state index is -4.32. The fourth-order valence-corrected chi connectivity index (χ4v) is 3.42. The van der Waals surface area contributed by atoms with Gasteiger partial charge in [0, 0.05) is 31.6 Å². The monoisotopic (exact) mass is 433 g/mol. The molecule has 158 valence electrons. The number of hydrogen-bond acceptors (Lipinski definition) is 6. The van der Waals surface area contributed by atoms with E-state index in [4.69, 9.17) is 9.29 Å². The van der Waals surface area contributed by atoms with Gasteiger partial charge in [0.25, 0.3) is 21.9 Å². The van der Waals surface area contributed by atoms with Gasteiger partial charge < -0.3 is 15.4 Å². The Morgan fingerprint density at radius 2 is 1.60 bits per heavy atom. The Labute approximate surface area is 172 Å². The Balaban J connectivity index is 1.67. The molecule has 0 bridgehead atoms. The summed E-state index contributed by atoms with van der Waals surface area (Å²) < 4.78 is 36.0. The van der Waals surface area contributed by atoms with E-state index in [1.165, 1.54) is 37.4 Å². The summed E-state index contributed by atoms with van der Waals surface area (Å²) in [6.07, 6.45) is 0.520. The van der Waals surface area contributed by atoms with Gasteiger partial charge in [-0.3, -0.25) is 19.0 Å². The summed E-state index contributed by atoms with van der Waals surface area (Å²) in [5.74, 6) is -0.822. The highest BCUT2D eigenvalue weighted by molar-refractivity contribution is 7.85. The maximum absolute atomic E-state index is 12.5. The first-order valence-corrected chi connectivity index (χ1v) is 10.3. The number of benzene rings is 2. The molecule has 0 saturated carbocycles. The van der Waals surface area contributed by atoms with Gasteiger partial charge in [-0.1, -0.05) is 0 Å². The third kappa shape index (κ3) is 4.64. The molecule has 3 N–H and O–H groups in total. The van der Waals surface area contributed by atoms with E-state index in [1.807, 2.05) is 0 Å². The number of carbonyl (C=O) groups is 3. The van der Waals surface area contributed by atoms with Crippen LogP contribution in [0.2, 0.25) is 0 Å². The van der Waals surface area contributed by atoms with Crippen LogP contribution >= 0.6 is 0 Å². The number of methoxy groups -OCH3 is 1. The van der Waals surface area contributed by atoms with Crippen LogP contribution in [-0.2, 0) is 14.9 Å². The third-order valence-electron chi connectivity index (χ3n) is 4.37. The van der Waals surface area contributed by atoms with Gasteiger partial charge >= 0.3 is 6.03 Å². The van der Waals surface area contributed by atoms with Crippen molar-refractivity contribution in [2.75, 3.05) is 30.9 Å². The van der Waals surface area contributed by atoms with Gasteiger partial charge in [-0.15, -0.1) is 0 Å². The molecule has 0 fully saturated rings. The maximum atomic E-state index is 12.5. The zero-order valence-corrected chi connectivity index (χ0v) is 16.7. The van der Waals surface area contributed by atoms with Crippen molar-refractivity contribution in [2.24, 2.45) is 0 Å². The second kappa shape index (κ2) is 8.61. The number of ether oxygens (including phenoxy) is 1. The Morgan fingerprint density at radius 1 is 1.00 bits per heavy atom. The number of rotatable bonds is 7. The molecular formula is C19H19N3O7S. The van der Waals surface area contributed by atoms with Crippen LogP contribution in [0.3, 0.4) is 0 Å². The van der Waals surface area contributed by atoms with Crippen molar-refractivity contribution in [2.45, 2.75) is 11.3 Å². The molecule has 3 rings (SSSR count). The number of amides is 4. The van der Waals surface area contributed by atoms with Crippen LogP contribution in [0.4, 0.5) is 16.2 Å². The maximum Gasteiger partial charge on any atom is 0.323 e. The number of fused-ring (bicyclic) bond motifs is 1. The highest BCUT2D eigenvalue weighted by Gasteiger charge is 2.35. The predicted molar refractivity (Wildman–Crippen MR) is 107 cm³/mol. The summed E-state index contributed by atoms with van der Waals surface area (Å²) in [5, 5.41) is 5.04. The minimum absolute atomic E-state index is 0.202. The van der Waals surface area contributed by atoms with Crippen LogP contribution in [0, 0.1) is 0 Å². The van der Waals surface area contributed by atoms with Gasteiger partial charge in [-0.2, -0.15) is 8.42 Å². The Bertz CT molecular complexity index is 1100. The van der Waals surface area contributed by atoms with Gasteiger partial charge in [0.15, 0.2) is 0 Å². The molecule has 0 spiro atoms. The Kier molecular flexibility index (Phi) is 6.15. The quantitative estimate of drug-likeness (QED) is 0.345. The molecule has 1 aliphatic heterocycles. The largest absolute Gasteiger partial charge is 0.385 e. The van der Waals surface area contributed by atoms with Gasteiger partial charge in [-0.05, 0) is 48.9 Å². The summed E-state index contributed by atoms with van der Waals surface area (Å²) in [5.41, 5.74) is 1.06. The lowest BCUT2D eigenvalue weighted by molar-refractivity contribution is 0.0638. The van der Waals surface area contributed by atoms with Gasteiger partial charge in [0.1, 0.15) is 0 Å². The zero-order valence-electron chi connectivity index (χ0n) is 15.9. The molecule has 30 heavy (non-hydrogen) atoms. The first-order valence-electron chi connectivity index (χ1n) is 8.85. The number of nitrogens with zero attached hydrogens (tertiary/aromatic N) is 1. The standard InChI is InChI=1S/C19H19N3O7S/c1-29-10-2-9-22-17(23)15-8-5-13(11-16(15)18(22)24)21-19(25)20-12-3-6-14(7-4-12)30(26,27)28/h3-8,11H,2,9-10H2,1H3,(H2,20,21,25)(H,26,27,28). The summed E-state index contributed by atoms with van der Waals surface area (Å²) in [6.45, 7) is 0.661. The van der Waals surface area contributed by atoms with Crippen molar-refractivity contribution in [1.29, 1.82) is 0 Å². The van der Waals surface area contributed by atoms with E-state index in [1.54, 1.807) is 0 Å². The Hall–Kier alpha value is -3.28. The van der Waals surface area contributed by atoms with Gasteiger partial charge in [0.2, 0.25) is 0 Å². The average Bonchev–Trinajstić information content (AvgIpc) is 2.92. The molecule has 1 heterocycles. The number of urea groups is 1. The van der Waals surface area contributed by atoms with Crippen molar-refractivity contribution in [3.05, 3.63) is 53.6 Å². The molecule has 0 unspecified atom stereocenters. The lowest BCUT2D eigenvalue weighted by Gasteiger charge is -2.12. The zero-order chi connectivity index (χ0) is 21.9. The smallest absolute Gasteiger partial charge is 0.323 e. The van der Waals surface area contributed by atoms with Crippen molar-refractivity contribution >= 4 is 39.3 Å². The lowest BCUT2D eigenvalue weighted by atomic mass is 10.1. The summed E-state index contributed by atoms with van der Waals surface area (Å²) in [7, 11) is -2.79. The fraction of sp³-hybridized carbons (Fsp3) is 0.211. The average molecular weight is 433 g/mol. The van der Waals surface area contributed by atoms with Crippen LogP contribution in [0.5, 0.6) is 0 Å². The van der Waals surface area contributed by atoms with E-state index in [2.05, 4.69) is 10.6 Å².